The standard InChI is InChI=1S/C25H25Cl2N3O2/c26-21-12-18(32-15-16-5-2-1-3-6-16)13-22(27)19(21)14-24-20-11-17(8-9-23(20)28-29-24)30-10-4-7-25(30)31/h1-3,5-6,12-13,17H,4,7-11,14-15H2,(H,28,29)/t17-/m1/s1. The van der Waals surface area contributed by atoms with Crippen LogP contribution in [0.4, 0.5) is 0 Å². The highest BCUT2D eigenvalue weighted by molar-refractivity contribution is 6.36. The van der Waals surface area contributed by atoms with E-state index in [1.807, 2.05) is 42.5 Å². The van der Waals surface area contributed by atoms with Crippen molar-refractivity contribution in [3.8, 4) is 5.75 Å². The summed E-state index contributed by atoms with van der Waals surface area (Å²) in [5, 5.41) is 8.91. The third-order valence-corrected chi connectivity index (χ3v) is 7.14. The number of ether oxygens (including phenoxy) is 1. The molecule has 1 atom stereocenters. The summed E-state index contributed by atoms with van der Waals surface area (Å²) in [5.41, 5.74) is 5.25. The zero-order valence-electron chi connectivity index (χ0n) is 17.7. The third kappa shape index (κ3) is 4.37. The second kappa shape index (κ2) is 9.16. The van der Waals surface area contributed by atoms with Gasteiger partial charge in [0.1, 0.15) is 12.4 Å². The minimum atomic E-state index is 0.258. The molecule has 2 heterocycles. The molecule has 0 bridgehead atoms. The molecule has 0 spiro atoms. The Hall–Kier alpha value is -2.50. The van der Waals surface area contributed by atoms with Crippen LogP contribution in [0.25, 0.3) is 0 Å². The van der Waals surface area contributed by atoms with E-state index in [9.17, 15) is 4.79 Å². The molecule has 1 aliphatic heterocycles. The average molecular weight is 470 g/mol. The number of aromatic nitrogens is 2. The van der Waals surface area contributed by atoms with Crippen LogP contribution in [0.5, 0.6) is 5.75 Å². The van der Waals surface area contributed by atoms with Crippen molar-refractivity contribution in [1.29, 1.82) is 0 Å². The molecule has 166 valence electrons. The smallest absolute Gasteiger partial charge is 0.222 e. The van der Waals surface area contributed by atoms with E-state index < -0.39 is 0 Å². The first kappa shape index (κ1) is 21.4. The van der Waals surface area contributed by atoms with Gasteiger partial charge >= 0.3 is 0 Å². The van der Waals surface area contributed by atoms with Crippen molar-refractivity contribution in [2.24, 2.45) is 0 Å². The molecule has 0 radical (unpaired) electrons. The highest BCUT2D eigenvalue weighted by Gasteiger charge is 2.32. The fraction of sp³-hybridized carbons (Fsp3) is 0.360. The molecule has 1 N–H and O–H groups in total. The lowest BCUT2D eigenvalue weighted by atomic mass is 9.89. The lowest BCUT2D eigenvalue weighted by Gasteiger charge is -2.31. The number of halogens is 2. The van der Waals surface area contributed by atoms with Crippen molar-refractivity contribution < 1.29 is 9.53 Å². The van der Waals surface area contributed by atoms with Crippen molar-refractivity contribution in [2.45, 2.75) is 51.2 Å². The number of aryl methyl sites for hydroxylation is 1. The molecule has 0 unspecified atom stereocenters. The minimum absolute atomic E-state index is 0.258. The van der Waals surface area contributed by atoms with Crippen molar-refractivity contribution >= 4 is 29.1 Å². The van der Waals surface area contributed by atoms with Crippen molar-refractivity contribution in [3.63, 3.8) is 0 Å². The van der Waals surface area contributed by atoms with Crippen molar-refractivity contribution in [1.82, 2.24) is 15.1 Å². The van der Waals surface area contributed by atoms with Crippen LogP contribution in [0.3, 0.4) is 0 Å². The number of H-pyrrole nitrogens is 1. The van der Waals surface area contributed by atoms with Crippen LogP contribution in [0.2, 0.25) is 10.0 Å². The first-order valence-electron chi connectivity index (χ1n) is 11.1. The third-order valence-electron chi connectivity index (χ3n) is 6.46. The number of amides is 1. The number of carbonyl (C=O) groups excluding carboxylic acids is 1. The molecular weight excluding hydrogens is 445 g/mol. The molecule has 0 saturated carbocycles. The van der Waals surface area contributed by atoms with Gasteiger partial charge in [-0.15, -0.1) is 0 Å². The summed E-state index contributed by atoms with van der Waals surface area (Å²) in [5.74, 6) is 0.921. The van der Waals surface area contributed by atoms with Gasteiger partial charge in [0.05, 0.1) is 5.69 Å². The van der Waals surface area contributed by atoms with Gasteiger partial charge in [-0.25, -0.2) is 0 Å². The Kier molecular flexibility index (Phi) is 6.11. The quantitative estimate of drug-likeness (QED) is 0.527. The Labute approximate surface area is 197 Å². The fourth-order valence-corrected chi connectivity index (χ4v) is 5.35. The monoisotopic (exact) mass is 469 g/mol. The highest BCUT2D eigenvalue weighted by Crippen LogP contribution is 2.35. The summed E-state index contributed by atoms with van der Waals surface area (Å²) in [6.45, 7) is 1.32. The molecule has 2 aliphatic rings. The summed E-state index contributed by atoms with van der Waals surface area (Å²) in [6, 6.07) is 13.9. The number of nitrogens with one attached hydrogen (secondary N) is 1. The first-order chi connectivity index (χ1) is 15.6. The van der Waals surface area contributed by atoms with E-state index in [1.54, 1.807) is 0 Å². The highest BCUT2D eigenvalue weighted by atomic mass is 35.5. The largest absolute Gasteiger partial charge is 0.489 e. The van der Waals surface area contributed by atoms with Crippen molar-refractivity contribution in [3.05, 3.63) is 80.6 Å². The number of benzene rings is 2. The predicted octanol–water partition coefficient (Wildman–Crippen LogP) is 5.37. The molecule has 3 aromatic rings. The molecular formula is C25H25Cl2N3O2. The van der Waals surface area contributed by atoms with Gasteiger partial charge in [0, 0.05) is 41.2 Å². The number of nitrogens with zero attached hydrogens (tertiary/aromatic N) is 2. The Balaban J connectivity index is 1.32. The molecule has 5 rings (SSSR count). The van der Waals surface area contributed by atoms with Gasteiger partial charge in [0.25, 0.3) is 0 Å². The maximum absolute atomic E-state index is 12.2. The van der Waals surface area contributed by atoms with Crippen LogP contribution in [0.1, 0.15) is 47.3 Å². The minimum Gasteiger partial charge on any atom is -0.489 e. The Bertz CT molecular complexity index is 1110. The molecule has 1 saturated heterocycles. The lowest BCUT2D eigenvalue weighted by molar-refractivity contribution is -0.129. The molecule has 7 heteroatoms. The molecule has 2 aromatic carbocycles. The van der Waals surface area contributed by atoms with E-state index in [4.69, 9.17) is 27.9 Å². The maximum atomic E-state index is 12.2. The Morgan fingerprint density at radius 3 is 2.62 bits per heavy atom. The number of carbonyl (C=O) groups is 1. The van der Waals surface area contributed by atoms with E-state index in [2.05, 4.69) is 15.1 Å². The second-order valence-electron chi connectivity index (χ2n) is 8.53. The number of aromatic amines is 1. The molecule has 32 heavy (non-hydrogen) atoms. The zero-order valence-corrected chi connectivity index (χ0v) is 19.3. The lowest BCUT2D eigenvalue weighted by Crippen LogP contribution is -2.40. The number of hydrogen-bond acceptors (Lipinski definition) is 3. The summed E-state index contributed by atoms with van der Waals surface area (Å²) >= 11 is 13.2. The van der Waals surface area contributed by atoms with Gasteiger partial charge in [0.15, 0.2) is 0 Å². The molecule has 1 fully saturated rings. The topological polar surface area (TPSA) is 58.2 Å². The number of rotatable bonds is 6. The van der Waals surface area contributed by atoms with Gasteiger partial charge < -0.3 is 9.64 Å². The maximum Gasteiger partial charge on any atom is 0.222 e. The first-order valence-corrected chi connectivity index (χ1v) is 11.8. The zero-order chi connectivity index (χ0) is 22.1. The molecule has 1 aromatic heterocycles. The van der Waals surface area contributed by atoms with Gasteiger partial charge in [0.2, 0.25) is 5.91 Å². The number of likely N-dealkylation sites (tertiary alicyclic amines) is 1. The van der Waals surface area contributed by atoms with Crippen LogP contribution >= 0.6 is 23.2 Å². The van der Waals surface area contributed by atoms with Gasteiger partial charge in [-0.1, -0.05) is 53.5 Å². The Morgan fingerprint density at radius 1 is 1.12 bits per heavy atom. The molecule has 5 nitrogen and oxygen atoms in total. The van der Waals surface area contributed by atoms with Crippen LogP contribution in [-0.4, -0.2) is 33.6 Å². The van der Waals surface area contributed by atoms with Crippen LogP contribution in [0, 0.1) is 0 Å². The predicted molar refractivity (Wildman–Crippen MR) is 125 cm³/mol. The molecule has 1 aliphatic carbocycles. The normalized spacial score (nSPS) is 18.1. The van der Waals surface area contributed by atoms with Crippen LogP contribution < -0.4 is 4.74 Å². The van der Waals surface area contributed by atoms with Gasteiger partial charge in [-0.3, -0.25) is 9.89 Å². The summed E-state index contributed by atoms with van der Waals surface area (Å²) < 4.78 is 5.89. The van der Waals surface area contributed by atoms with Crippen molar-refractivity contribution in [2.75, 3.05) is 6.54 Å². The van der Waals surface area contributed by atoms with E-state index in [0.717, 1.165) is 54.7 Å². The summed E-state index contributed by atoms with van der Waals surface area (Å²) in [6.07, 6.45) is 4.90. The summed E-state index contributed by atoms with van der Waals surface area (Å²) in [4.78, 5) is 14.3. The van der Waals surface area contributed by atoms with E-state index in [1.165, 1.54) is 5.56 Å². The van der Waals surface area contributed by atoms with Gasteiger partial charge in [-0.2, -0.15) is 5.10 Å². The van der Waals surface area contributed by atoms with E-state index in [-0.39, 0.29) is 11.9 Å². The fourth-order valence-electron chi connectivity index (χ4n) is 4.75. The Morgan fingerprint density at radius 2 is 1.91 bits per heavy atom. The van der Waals surface area contributed by atoms with E-state index in [0.29, 0.717) is 35.2 Å². The van der Waals surface area contributed by atoms with Crippen LogP contribution in [-0.2, 0) is 30.7 Å². The second-order valence-corrected chi connectivity index (χ2v) is 9.35. The van der Waals surface area contributed by atoms with Crippen LogP contribution in [0.15, 0.2) is 42.5 Å². The SMILES string of the molecule is O=C1CCCN1[C@@H]1CCc2[nH]nc(Cc3c(Cl)cc(OCc4ccccc4)cc3Cl)c2C1. The number of fused-ring (bicyclic) bond motifs is 1. The number of hydrogen-bond donors (Lipinski definition) is 1. The summed E-state index contributed by atoms with van der Waals surface area (Å²) in [7, 11) is 0. The average Bonchev–Trinajstić information content (AvgIpc) is 3.41. The van der Waals surface area contributed by atoms with Gasteiger partial charge in [-0.05, 0) is 54.5 Å². The van der Waals surface area contributed by atoms with E-state index >= 15 is 0 Å². The molecule has 1 amide bonds.